The molecular weight excluding hydrogens is 413 g/mol. The Balaban J connectivity index is 1.40. The first-order valence-corrected chi connectivity index (χ1v) is 12.1. The molecule has 2 aliphatic heterocycles. The van der Waals surface area contributed by atoms with Crippen molar-refractivity contribution in [2.24, 2.45) is 5.92 Å². The third kappa shape index (κ3) is 6.36. The number of hydrogen-bond acceptors (Lipinski definition) is 7. The summed E-state index contributed by atoms with van der Waals surface area (Å²) < 4.78 is 17.6. The summed E-state index contributed by atoms with van der Waals surface area (Å²) in [6.45, 7) is 15.4. The summed E-state index contributed by atoms with van der Waals surface area (Å²) in [6, 6.07) is 0. The van der Waals surface area contributed by atoms with E-state index in [2.05, 4.69) is 9.97 Å². The highest BCUT2D eigenvalue weighted by molar-refractivity contribution is 7.99. The third-order valence-corrected chi connectivity index (χ3v) is 7.11. The van der Waals surface area contributed by atoms with Gasteiger partial charge in [-0.1, -0.05) is 11.8 Å². The standard InChI is InChI=1S/C22H36BN3O4S/c1-20(2,3)28-19(27)26-11-8-16(9-12-26)10-13-31-18-24-14-17(15-25-18)23-29-21(4,5)22(6,7)30-23/h14-16H,8-13H2,1-7H3. The van der Waals surface area contributed by atoms with E-state index in [0.717, 1.165) is 48.7 Å². The van der Waals surface area contributed by atoms with E-state index in [4.69, 9.17) is 14.0 Å². The predicted molar refractivity (Wildman–Crippen MR) is 124 cm³/mol. The fourth-order valence-electron chi connectivity index (χ4n) is 3.55. The molecule has 3 heterocycles. The van der Waals surface area contributed by atoms with Gasteiger partial charge in [-0.25, -0.2) is 14.8 Å². The van der Waals surface area contributed by atoms with Crippen molar-refractivity contribution in [3.63, 3.8) is 0 Å². The number of piperidine rings is 1. The van der Waals surface area contributed by atoms with Gasteiger partial charge in [0.1, 0.15) is 5.60 Å². The Morgan fingerprint density at radius 3 is 2.23 bits per heavy atom. The molecule has 0 bridgehead atoms. The van der Waals surface area contributed by atoms with E-state index in [0.29, 0.717) is 5.92 Å². The minimum atomic E-state index is -0.442. The molecule has 7 nitrogen and oxygen atoms in total. The lowest BCUT2D eigenvalue weighted by Crippen LogP contribution is -2.41. The van der Waals surface area contributed by atoms with Gasteiger partial charge in [0.25, 0.3) is 0 Å². The van der Waals surface area contributed by atoms with E-state index < -0.39 is 12.7 Å². The Morgan fingerprint density at radius 2 is 1.71 bits per heavy atom. The van der Waals surface area contributed by atoms with E-state index in [9.17, 15) is 4.79 Å². The van der Waals surface area contributed by atoms with E-state index >= 15 is 0 Å². The van der Waals surface area contributed by atoms with Crippen LogP contribution in [0.3, 0.4) is 0 Å². The largest absolute Gasteiger partial charge is 0.498 e. The van der Waals surface area contributed by atoms with Crippen LogP contribution in [-0.2, 0) is 14.0 Å². The number of carbonyl (C=O) groups is 1. The molecule has 2 aliphatic rings. The van der Waals surface area contributed by atoms with E-state index in [1.54, 1.807) is 24.2 Å². The maximum absolute atomic E-state index is 12.2. The Hall–Kier alpha value is -1.32. The predicted octanol–water partition coefficient (Wildman–Crippen LogP) is 3.91. The monoisotopic (exact) mass is 449 g/mol. The first-order chi connectivity index (χ1) is 14.4. The van der Waals surface area contributed by atoms with Gasteiger partial charge in [-0.05, 0) is 73.6 Å². The van der Waals surface area contributed by atoms with Crippen molar-refractivity contribution < 1.29 is 18.8 Å². The third-order valence-electron chi connectivity index (χ3n) is 6.20. The molecule has 2 saturated heterocycles. The van der Waals surface area contributed by atoms with Gasteiger partial charge < -0.3 is 18.9 Å². The molecular formula is C22H36BN3O4S. The first-order valence-electron chi connectivity index (χ1n) is 11.1. The van der Waals surface area contributed by atoms with Gasteiger partial charge in [-0.15, -0.1) is 0 Å². The van der Waals surface area contributed by atoms with Crippen molar-refractivity contribution in [3.05, 3.63) is 12.4 Å². The normalized spacial score (nSPS) is 21.4. The number of hydrogen-bond donors (Lipinski definition) is 0. The highest BCUT2D eigenvalue weighted by Crippen LogP contribution is 2.36. The molecule has 1 aromatic heterocycles. The molecule has 1 amide bonds. The SMILES string of the molecule is CC(C)(C)OC(=O)N1CCC(CCSc2ncc(B3OC(C)(C)C(C)(C)O3)cn2)CC1. The van der Waals surface area contributed by atoms with E-state index in [1.165, 1.54) is 0 Å². The fourth-order valence-corrected chi connectivity index (χ4v) is 4.44. The topological polar surface area (TPSA) is 73.8 Å². The van der Waals surface area contributed by atoms with Crippen molar-refractivity contribution in [3.8, 4) is 0 Å². The molecule has 2 fully saturated rings. The Bertz CT molecular complexity index is 743. The van der Waals surface area contributed by atoms with E-state index in [-0.39, 0.29) is 17.3 Å². The summed E-state index contributed by atoms with van der Waals surface area (Å²) in [6.07, 6.45) is 6.53. The number of rotatable bonds is 5. The molecule has 3 rings (SSSR count). The molecule has 0 unspecified atom stereocenters. The minimum Gasteiger partial charge on any atom is -0.444 e. The van der Waals surface area contributed by atoms with Crippen molar-refractivity contribution in [2.75, 3.05) is 18.8 Å². The zero-order valence-electron chi connectivity index (χ0n) is 19.9. The summed E-state index contributed by atoms with van der Waals surface area (Å²) in [5, 5.41) is 0.770. The van der Waals surface area contributed by atoms with Crippen molar-refractivity contribution in [2.45, 2.75) is 89.7 Å². The number of carbonyl (C=O) groups excluding carboxylic acids is 1. The highest BCUT2D eigenvalue weighted by atomic mass is 32.2. The number of nitrogens with zero attached hydrogens (tertiary/aromatic N) is 3. The summed E-state index contributed by atoms with van der Waals surface area (Å²) in [7, 11) is -0.431. The maximum atomic E-state index is 12.2. The lowest BCUT2D eigenvalue weighted by Gasteiger charge is -2.33. The Kier molecular flexibility index (Phi) is 7.28. The molecule has 1 aromatic rings. The van der Waals surface area contributed by atoms with Crippen LogP contribution in [-0.4, -0.2) is 63.7 Å². The van der Waals surface area contributed by atoms with Crippen LogP contribution in [0.4, 0.5) is 4.79 Å². The average molecular weight is 449 g/mol. The molecule has 0 N–H and O–H groups in total. The van der Waals surface area contributed by atoms with Crippen LogP contribution >= 0.6 is 11.8 Å². The number of aromatic nitrogens is 2. The summed E-state index contributed by atoms with van der Waals surface area (Å²) in [5.41, 5.74) is -0.339. The van der Waals surface area contributed by atoms with Gasteiger partial charge in [-0.2, -0.15) is 0 Å². The zero-order chi connectivity index (χ0) is 22.9. The molecule has 0 aromatic carbocycles. The Labute approximate surface area is 191 Å². The van der Waals surface area contributed by atoms with Crippen LogP contribution in [0.25, 0.3) is 0 Å². The van der Waals surface area contributed by atoms with Gasteiger partial charge in [0.05, 0.1) is 11.2 Å². The molecule has 172 valence electrons. The maximum Gasteiger partial charge on any atom is 0.498 e. The molecule has 0 spiro atoms. The van der Waals surface area contributed by atoms with Crippen molar-refractivity contribution >= 4 is 30.4 Å². The van der Waals surface area contributed by atoms with Crippen LogP contribution in [0.5, 0.6) is 0 Å². The lowest BCUT2D eigenvalue weighted by atomic mass is 9.81. The van der Waals surface area contributed by atoms with Crippen LogP contribution in [0.15, 0.2) is 17.6 Å². The number of ether oxygens (including phenoxy) is 1. The average Bonchev–Trinajstić information content (AvgIpc) is 2.89. The van der Waals surface area contributed by atoms with Crippen molar-refractivity contribution in [1.29, 1.82) is 0 Å². The van der Waals surface area contributed by atoms with Gasteiger partial charge >= 0.3 is 13.2 Å². The lowest BCUT2D eigenvalue weighted by molar-refractivity contribution is 0.00578. The zero-order valence-corrected chi connectivity index (χ0v) is 20.8. The summed E-state index contributed by atoms with van der Waals surface area (Å²) in [5.74, 6) is 1.59. The van der Waals surface area contributed by atoms with Gasteiger partial charge in [-0.3, -0.25) is 0 Å². The molecule has 0 radical (unpaired) electrons. The smallest absolute Gasteiger partial charge is 0.444 e. The second-order valence-electron chi connectivity index (χ2n) is 10.4. The van der Waals surface area contributed by atoms with Crippen LogP contribution in [0.1, 0.15) is 67.7 Å². The summed E-state index contributed by atoms with van der Waals surface area (Å²) in [4.78, 5) is 23.0. The second-order valence-corrected chi connectivity index (χ2v) is 11.5. The molecule has 9 heteroatoms. The second kappa shape index (κ2) is 9.28. The van der Waals surface area contributed by atoms with Crippen molar-refractivity contribution in [1.82, 2.24) is 14.9 Å². The number of thioether (sulfide) groups is 1. The van der Waals surface area contributed by atoms with Gasteiger partial charge in [0, 0.05) is 36.7 Å². The minimum absolute atomic E-state index is 0.198. The Morgan fingerprint density at radius 1 is 1.16 bits per heavy atom. The molecule has 31 heavy (non-hydrogen) atoms. The van der Waals surface area contributed by atoms with Crippen LogP contribution < -0.4 is 5.46 Å². The molecule has 0 atom stereocenters. The summed E-state index contributed by atoms with van der Waals surface area (Å²) >= 11 is 1.67. The highest BCUT2D eigenvalue weighted by Gasteiger charge is 2.51. The van der Waals surface area contributed by atoms with Gasteiger partial charge in [0.2, 0.25) is 0 Å². The molecule has 0 aliphatic carbocycles. The van der Waals surface area contributed by atoms with Crippen LogP contribution in [0.2, 0.25) is 0 Å². The quantitative estimate of drug-likeness (QED) is 0.383. The first kappa shape index (κ1) is 24.3. The number of amides is 1. The van der Waals surface area contributed by atoms with Gasteiger partial charge in [0.15, 0.2) is 5.16 Å². The van der Waals surface area contributed by atoms with Crippen LogP contribution in [0, 0.1) is 5.92 Å². The molecule has 0 saturated carbocycles. The fraction of sp³-hybridized carbons (Fsp3) is 0.773. The van der Waals surface area contributed by atoms with E-state index in [1.807, 2.05) is 53.4 Å². The number of likely N-dealkylation sites (tertiary alicyclic amines) is 1.